The minimum absolute atomic E-state index is 0.0108. The first-order chi connectivity index (χ1) is 8.17. The monoisotopic (exact) mass is 252 g/mol. The number of carbonyl (C=O) groups is 1. The molecule has 3 nitrogen and oxygen atoms in total. The van der Waals surface area contributed by atoms with Crippen LogP contribution in [0.5, 0.6) is 0 Å². The predicted molar refractivity (Wildman–Crippen MR) is 74.6 cm³/mol. The molecule has 1 rings (SSSR count). The zero-order chi connectivity index (χ0) is 12.7. The predicted octanol–water partition coefficient (Wildman–Crippen LogP) is 2.74. The van der Waals surface area contributed by atoms with E-state index in [1.54, 1.807) is 11.8 Å². The maximum Gasteiger partial charge on any atom is 0.241 e. The van der Waals surface area contributed by atoms with Gasteiger partial charge in [0.1, 0.15) is 0 Å². The van der Waals surface area contributed by atoms with Crippen molar-refractivity contribution in [3.8, 4) is 0 Å². The molecule has 0 aliphatic rings. The van der Waals surface area contributed by atoms with Crippen LogP contribution in [0.2, 0.25) is 0 Å². The van der Waals surface area contributed by atoms with Gasteiger partial charge in [0.15, 0.2) is 0 Å². The van der Waals surface area contributed by atoms with E-state index in [0.29, 0.717) is 0 Å². The molecule has 1 atom stereocenters. The van der Waals surface area contributed by atoms with Gasteiger partial charge in [0.2, 0.25) is 5.91 Å². The summed E-state index contributed by atoms with van der Waals surface area (Å²) in [5.74, 6) is 0.0108. The van der Waals surface area contributed by atoms with Gasteiger partial charge in [-0.25, -0.2) is 0 Å². The fraction of sp³-hybridized carbons (Fsp3) is 0.462. The van der Waals surface area contributed by atoms with E-state index in [-0.39, 0.29) is 11.9 Å². The molecular weight excluding hydrogens is 232 g/mol. The molecule has 0 bridgehead atoms. The number of anilines is 1. The van der Waals surface area contributed by atoms with E-state index in [9.17, 15) is 4.79 Å². The standard InChI is InChI=1S/C13H20N2OS/c1-4-8-14-10(2)13(16)15-11-6-5-7-12(9-11)17-3/h5-7,9-10,14H,4,8H2,1-3H3,(H,15,16). The number of carbonyl (C=O) groups excluding carboxylic acids is 1. The van der Waals surface area contributed by atoms with E-state index >= 15 is 0 Å². The van der Waals surface area contributed by atoms with Crippen molar-refractivity contribution in [3.63, 3.8) is 0 Å². The van der Waals surface area contributed by atoms with Crippen molar-refractivity contribution in [2.75, 3.05) is 18.1 Å². The zero-order valence-corrected chi connectivity index (χ0v) is 11.4. The molecular formula is C13H20N2OS. The van der Waals surface area contributed by atoms with Crippen LogP contribution in [0, 0.1) is 0 Å². The van der Waals surface area contributed by atoms with Crippen LogP contribution in [0.3, 0.4) is 0 Å². The lowest BCUT2D eigenvalue weighted by molar-refractivity contribution is -0.117. The third kappa shape index (κ3) is 4.79. The molecule has 94 valence electrons. The van der Waals surface area contributed by atoms with Crippen LogP contribution in [-0.4, -0.2) is 24.7 Å². The molecule has 0 spiro atoms. The van der Waals surface area contributed by atoms with E-state index in [2.05, 4.69) is 17.6 Å². The van der Waals surface area contributed by atoms with Gasteiger partial charge < -0.3 is 10.6 Å². The summed E-state index contributed by atoms with van der Waals surface area (Å²) >= 11 is 1.67. The highest BCUT2D eigenvalue weighted by Crippen LogP contribution is 2.18. The van der Waals surface area contributed by atoms with Gasteiger partial charge in [0, 0.05) is 10.6 Å². The summed E-state index contributed by atoms with van der Waals surface area (Å²) in [7, 11) is 0. The second-order valence-electron chi connectivity index (χ2n) is 3.90. The van der Waals surface area contributed by atoms with E-state index in [1.165, 1.54) is 0 Å². The molecule has 0 aromatic heterocycles. The molecule has 2 N–H and O–H groups in total. The number of nitrogens with one attached hydrogen (secondary N) is 2. The van der Waals surface area contributed by atoms with Gasteiger partial charge in [0.05, 0.1) is 6.04 Å². The SMILES string of the molecule is CCCNC(C)C(=O)Nc1cccc(SC)c1. The molecule has 1 unspecified atom stereocenters. The second kappa shape index (κ2) is 7.35. The molecule has 17 heavy (non-hydrogen) atoms. The van der Waals surface area contributed by atoms with Gasteiger partial charge in [-0.15, -0.1) is 11.8 Å². The van der Waals surface area contributed by atoms with Crippen molar-refractivity contribution in [1.82, 2.24) is 5.32 Å². The molecule has 1 aromatic carbocycles. The third-order valence-corrected chi connectivity index (χ3v) is 3.16. The Morgan fingerprint density at radius 3 is 2.88 bits per heavy atom. The van der Waals surface area contributed by atoms with Crippen LogP contribution < -0.4 is 10.6 Å². The van der Waals surface area contributed by atoms with Crippen LogP contribution in [0.25, 0.3) is 0 Å². The Balaban J connectivity index is 2.54. The zero-order valence-electron chi connectivity index (χ0n) is 10.6. The van der Waals surface area contributed by atoms with E-state index in [4.69, 9.17) is 0 Å². The van der Waals surface area contributed by atoms with Crippen LogP contribution in [0.15, 0.2) is 29.2 Å². The highest BCUT2D eigenvalue weighted by atomic mass is 32.2. The van der Waals surface area contributed by atoms with E-state index in [0.717, 1.165) is 23.5 Å². The lowest BCUT2D eigenvalue weighted by Crippen LogP contribution is -2.38. The molecule has 0 fully saturated rings. The van der Waals surface area contributed by atoms with E-state index in [1.807, 2.05) is 37.4 Å². The van der Waals surface area contributed by atoms with Crippen molar-refractivity contribution in [2.45, 2.75) is 31.2 Å². The van der Waals surface area contributed by atoms with Crippen molar-refractivity contribution < 1.29 is 4.79 Å². The Morgan fingerprint density at radius 2 is 2.24 bits per heavy atom. The summed E-state index contributed by atoms with van der Waals surface area (Å²) in [5, 5.41) is 6.07. The van der Waals surface area contributed by atoms with Crippen LogP contribution in [0.4, 0.5) is 5.69 Å². The number of amides is 1. The van der Waals surface area contributed by atoms with Crippen LogP contribution >= 0.6 is 11.8 Å². The summed E-state index contributed by atoms with van der Waals surface area (Å²) < 4.78 is 0. The average Bonchev–Trinajstić information content (AvgIpc) is 2.36. The number of thioether (sulfide) groups is 1. The summed E-state index contributed by atoms with van der Waals surface area (Å²) in [5.41, 5.74) is 0.854. The van der Waals surface area contributed by atoms with Gasteiger partial charge in [0.25, 0.3) is 0 Å². The third-order valence-electron chi connectivity index (χ3n) is 2.43. The number of hydrogen-bond acceptors (Lipinski definition) is 3. The Labute approximate surface area is 107 Å². The van der Waals surface area contributed by atoms with Crippen molar-refractivity contribution in [3.05, 3.63) is 24.3 Å². The van der Waals surface area contributed by atoms with Gasteiger partial charge >= 0.3 is 0 Å². The van der Waals surface area contributed by atoms with E-state index < -0.39 is 0 Å². The molecule has 4 heteroatoms. The van der Waals surface area contributed by atoms with Gasteiger partial charge in [-0.05, 0) is 44.3 Å². The number of benzene rings is 1. The molecule has 1 amide bonds. The molecule has 1 aromatic rings. The quantitative estimate of drug-likeness (QED) is 0.765. The second-order valence-corrected chi connectivity index (χ2v) is 4.78. The summed E-state index contributed by atoms with van der Waals surface area (Å²) in [6.45, 7) is 4.82. The Hall–Kier alpha value is -1.00. The van der Waals surface area contributed by atoms with Gasteiger partial charge in [-0.2, -0.15) is 0 Å². The number of hydrogen-bond donors (Lipinski definition) is 2. The first kappa shape index (κ1) is 14.1. The average molecular weight is 252 g/mol. The smallest absolute Gasteiger partial charge is 0.241 e. The molecule has 0 saturated heterocycles. The van der Waals surface area contributed by atoms with Crippen molar-refractivity contribution in [1.29, 1.82) is 0 Å². The largest absolute Gasteiger partial charge is 0.325 e. The maximum absolute atomic E-state index is 11.8. The molecule has 0 heterocycles. The summed E-state index contributed by atoms with van der Waals surface area (Å²) in [6.07, 6.45) is 3.05. The Morgan fingerprint density at radius 1 is 1.47 bits per heavy atom. The lowest BCUT2D eigenvalue weighted by Gasteiger charge is -2.13. The maximum atomic E-state index is 11.8. The summed E-state index contributed by atoms with van der Waals surface area (Å²) in [4.78, 5) is 13.0. The van der Waals surface area contributed by atoms with Crippen molar-refractivity contribution >= 4 is 23.4 Å². The highest BCUT2D eigenvalue weighted by molar-refractivity contribution is 7.98. The molecule has 0 radical (unpaired) electrons. The molecule has 0 aliphatic heterocycles. The first-order valence-corrected chi connectivity index (χ1v) is 7.08. The Kier molecular flexibility index (Phi) is 6.08. The minimum atomic E-state index is -0.159. The van der Waals surface area contributed by atoms with Gasteiger partial charge in [-0.3, -0.25) is 4.79 Å². The normalized spacial score (nSPS) is 12.2. The topological polar surface area (TPSA) is 41.1 Å². The van der Waals surface area contributed by atoms with Crippen LogP contribution in [-0.2, 0) is 4.79 Å². The minimum Gasteiger partial charge on any atom is -0.325 e. The fourth-order valence-electron chi connectivity index (χ4n) is 1.40. The van der Waals surface area contributed by atoms with Crippen molar-refractivity contribution in [2.24, 2.45) is 0 Å². The fourth-order valence-corrected chi connectivity index (χ4v) is 1.86. The molecule has 0 aliphatic carbocycles. The lowest BCUT2D eigenvalue weighted by atomic mass is 10.2. The number of rotatable bonds is 6. The summed E-state index contributed by atoms with van der Waals surface area (Å²) in [6, 6.07) is 7.71. The highest BCUT2D eigenvalue weighted by Gasteiger charge is 2.11. The molecule has 0 saturated carbocycles. The van der Waals surface area contributed by atoms with Crippen LogP contribution in [0.1, 0.15) is 20.3 Å². The Bertz CT molecular complexity index is 368. The first-order valence-electron chi connectivity index (χ1n) is 5.85. The van der Waals surface area contributed by atoms with Gasteiger partial charge in [-0.1, -0.05) is 13.0 Å².